The number of hydrogen-bond donors (Lipinski definition) is 1. The minimum absolute atomic E-state index is 0.0116. The highest BCUT2D eigenvalue weighted by atomic mass is 19.4. The molecule has 1 N–H and O–H groups in total. The molecule has 14 heavy (non-hydrogen) atoms. The zero-order chi connectivity index (χ0) is 11.4. The Balaban J connectivity index is 4.58. The van der Waals surface area contributed by atoms with Crippen molar-refractivity contribution in [1.29, 1.82) is 0 Å². The van der Waals surface area contributed by atoms with Gasteiger partial charge in [-0.3, -0.25) is 4.79 Å². The molecule has 0 atom stereocenters. The third-order valence-corrected chi connectivity index (χ3v) is 1.23. The smallest absolute Gasteiger partial charge is 0.448 e. The van der Waals surface area contributed by atoms with Crippen molar-refractivity contribution in [2.24, 2.45) is 0 Å². The summed E-state index contributed by atoms with van der Waals surface area (Å²) in [6.45, 7) is 0. The summed E-state index contributed by atoms with van der Waals surface area (Å²) in [5.41, 5.74) is 0. The van der Waals surface area contributed by atoms with Gasteiger partial charge in [-0.05, 0) is 0 Å². The molecule has 0 saturated heterocycles. The summed E-state index contributed by atoms with van der Waals surface area (Å²) in [6, 6.07) is 0. The second kappa shape index (κ2) is 4.97. The van der Waals surface area contributed by atoms with Gasteiger partial charge in [0.25, 0.3) is 0 Å². The second-order valence-electron chi connectivity index (χ2n) is 2.23. The molecule has 0 unspecified atom stereocenters. The van der Waals surface area contributed by atoms with Crippen molar-refractivity contribution in [1.82, 2.24) is 0 Å². The van der Waals surface area contributed by atoms with Crippen LogP contribution in [0.3, 0.4) is 0 Å². The average Bonchev–Trinajstić information content (AvgIpc) is 2.04. The van der Waals surface area contributed by atoms with Gasteiger partial charge in [0, 0.05) is 20.3 Å². The predicted octanol–water partition coefficient (Wildman–Crippen LogP) is 1.18. The van der Waals surface area contributed by atoms with Crippen LogP contribution in [0.4, 0.5) is 13.2 Å². The van der Waals surface area contributed by atoms with Crippen molar-refractivity contribution in [2.45, 2.75) is 12.5 Å². The average molecular weight is 214 g/mol. The summed E-state index contributed by atoms with van der Waals surface area (Å²) in [5, 5.41) is 8.40. The maximum atomic E-state index is 11.7. The molecule has 0 aromatic rings. The van der Waals surface area contributed by atoms with Crippen molar-refractivity contribution in [3.63, 3.8) is 0 Å². The molecular formula is C7H9F3O4. The van der Waals surface area contributed by atoms with Crippen LogP contribution in [0.5, 0.6) is 0 Å². The van der Waals surface area contributed by atoms with Crippen molar-refractivity contribution in [3.8, 4) is 0 Å². The number of carbonyl (C=O) groups excluding carboxylic acids is 1. The van der Waals surface area contributed by atoms with Crippen LogP contribution >= 0.6 is 0 Å². The Hall–Kier alpha value is -1.08. The van der Waals surface area contributed by atoms with E-state index >= 15 is 0 Å². The Labute approximate surface area is 77.9 Å². The van der Waals surface area contributed by atoms with Crippen LogP contribution in [-0.2, 0) is 14.3 Å². The molecule has 0 aromatic heterocycles. The zero-order valence-electron chi connectivity index (χ0n) is 7.46. The molecule has 0 rings (SSSR count). The van der Waals surface area contributed by atoms with Crippen molar-refractivity contribution >= 4 is 5.78 Å². The molecule has 0 spiro atoms. The van der Waals surface area contributed by atoms with Crippen molar-refractivity contribution < 1.29 is 32.5 Å². The number of ketones is 1. The molecule has 0 aromatic carbocycles. The van der Waals surface area contributed by atoms with Gasteiger partial charge in [0.15, 0.2) is 0 Å². The SMILES string of the molecule is COC(OC)C(=O)/C=C(\O)C(F)(F)F. The van der Waals surface area contributed by atoms with E-state index in [4.69, 9.17) is 5.11 Å². The summed E-state index contributed by atoms with van der Waals surface area (Å²) in [4.78, 5) is 10.9. The van der Waals surface area contributed by atoms with Gasteiger partial charge >= 0.3 is 6.18 Å². The fourth-order valence-electron chi connectivity index (χ4n) is 0.613. The first-order valence-corrected chi connectivity index (χ1v) is 3.40. The number of aliphatic hydroxyl groups excluding tert-OH is 1. The number of halogens is 3. The van der Waals surface area contributed by atoms with Gasteiger partial charge in [0.05, 0.1) is 0 Å². The number of ether oxygens (including phenoxy) is 2. The first-order valence-electron chi connectivity index (χ1n) is 3.40. The van der Waals surface area contributed by atoms with E-state index in [0.29, 0.717) is 0 Å². The predicted molar refractivity (Wildman–Crippen MR) is 39.6 cm³/mol. The molecule has 7 heteroatoms. The summed E-state index contributed by atoms with van der Waals surface area (Å²) in [5.74, 6) is -3.11. The van der Waals surface area contributed by atoms with Gasteiger partial charge in [-0.15, -0.1) is 0 Å². The van der Waals surface area contributed by atoms with Gasteiger partial charge in [0.1, 0.15) is 0 Å². The largest absolute Gasteiger partial charge is 0.504 e. The van der Waals surface area contributed by atoms with E-state index in [2.05, 4.69) is 9.47 Å². The van der Waals surface area contributed by atoms with Crippen LogP contribution in [0.1, 0.15) is 0 Å². The molecule has 82 valence electrons. The maximum absolute atomic E-state index is 11.7. The van der Waals surface area contributed by atoms with Gasteiger partial charge in [-0.2, -0.15) is 13.2 Å². The van der Waals surface area contributed by atoms with Crippen molar-refractivity contribution in [3.05, 3.63) is 11.8 Å². The third-order valence-electron chi connectivity index (χ3n) is 1.23. The zero-order valence-corrected chi connectivity index (χ0v) is 7.46. The fourth-order valence-corrected chi connectivity index (χ4v) is 0.613. The van der Waals surface area contributed by atoms with E-state index in [-0.39, 0.29) is 6.08 Å². The minimum atomic E-state index is -4.94. The van der Waals surface area contributed by atoms with Crippen LogP contribution in [0, 0.1) is 0 Å². The number of aliphatic hydroxyl groups is 1. The monoisotopic (exact) mass is 214 g/mol. The lowest BCUT2D eigenvalue weighted by Gasteiger charge is -2.10. The molecule has 0 aliphatic rings. The Morgan fingerprint density at radius 3 is 2.07 bits per heavy atom. The van der Waals surface area contributed by atoms with E-state index in [1.165, 1.54) is 0 Å². The third kappa shape index (κ3) is 3.75. The van der Waals surface area contributed by atoms with E-state index in [1.807, 2.05) is 0 Å². The highest BCUT2D eigenvalue weighted by Crippen LogP contribution is 2.23. The van der Waals surface area contributed by atoms with Crippen LogP contribution in [0.2, 0.25) is 0 Å². The van der Waals surface area contributed by atoms with Gasteiger partial charge in [0.2, 0.25) is 17.8 Å². The summed E-state index contributed by atoms with van der Waals surface area (Å²) in [6.07, 6.45) is -6.38. The van der Waals surface area contributed by atoms with E-state index in [9.17, 15) is 18.0 Å². The van der Waals surface area contributed by atoms with Gasteiger partial charge < -0.3 is 14.6 Å². The molecule has 0 amide bonds. The van der Waals surface area contributed by atoms with Gasteiger partial charge in [-0.25, -0.2) is 0 Å². The molecule has 0 bridgehead atoms. The van der Waals surface area contributed by atoms with Crippen LogP contribution in [0.15, 0.2) is 11.8 Å². The molecule has 0 aliphatic carbocycles. The molecule has 0 saturated carbocycles. The number of rotatable bonds is 4. The summed E-state index contributed by atoms with van der Waals surface area (Å²) < 4.78 is 43.9. The Bertz CT molecular complexity index is 230. The molecule has 0 aliphatic heterocycles. The molecular weight excluding hydrogens is 205 g/mol. The topological polar surface area (TPSA) is 55.8 Å². The highest BCUT2D eigenvalue weighted by Gasteiger charge is 2.35. The lowest BCUT2D eigenvalue weighted by molar-refractivity contribution is -0.153. The number of hydrogen-bond acceptors (Lipinski definition) is 4. The number of carbonyl (C=O) groups is 1. The molecule has 0 fully saturated rings. The summed E-state index contributed by atoms with van der Waals surface area (Å²) >= 11 is 0. The first kappa shape index (κ1) is 12.9. The molecule has 0 radical (unpaired) electrons. The standard InChI is InChI=1S/C7H9F3O4/c1-13-6(14-2)4(11)3-5(12)7(8,9)10/h3,6,12H,1-2H3/b5-3-. The Morgan fingerprint density at radius 1 is 1.36 bits per heavy atom. The first-order chi connectivity index (χ1) is 6.32. The number of allylic oxidation sites excluding steroid dienone is 1. The Kier molecular flexibility index (Phi) is 4.58. The highest BCUT2D eigenvalue weighted by molar-refractivity contribution is 5.92. The summed E-state index contributed by atoms with van der Waals surface area (Å²) in [7, 11) is 2.18. The minimum Gasteiger partial charge on any atom is -0.504 e. The van der Waals surface area contributed by atoms with Crippen molar-refractivity contribution in [2.75, 3.05) is 14.2 Å². The fraction of sp³-hybridized carbons (Fsp3) is 0.571. The second-order valence-corrected chi connectivity index (χ2v) is 2.23. The van der Waals surface area contributed by atoms with E-state index < -0.39 is 24.0 Å². The van der Waals surface area contributed by atoms with E-state index in [0.717, 1.165) is 14.2 Å². The quantitative estimate of drug-likeness (QED) is 0.433. The maximum Gasteiger partial charge on any atom is 0.448 e. The van der Waals surface area contributed by atoms with E-state index in [1.54, 1.807) is 0 Å². The number of methoxy groups -OCH3 is 2. The normalized spacial score (nSPS) is 13.4. The van der Waals surface area contributed by atoms with Crippen LogP contribution in [0.25, 0.3) is 0 Å². The van der Waals surface area contributed by atoms with Crippen LogP contribution in [-0.4, -0.2) is 37.6 Å². The lowest BCUT2D eigenvalue weighted by atomic mass is 10.3. The molecule has 0 heterocycles. The Morgan fingerprint density at radius 2 is 1.79 bits per heavy atom. The van der Waals surface area contributed by atoms with Gasteiger partial charge in [-0.1, -0.05) is 0 Å². The number of alkyl halides is 3. The molecule has 4 nitrogen and oxygen atoms in total. The van der Waals surface area contributed by atoms with Crippen LogP contribution < -0.4 is 0 Å². The lowest BCUT2D eigenvalue weighted by Crippen LogP contribution is -2.25.